The van der Waals surface area contributed by atoms with Gasteiger partial charge in [0.05, 0.1) is 27.2 Å². The molecule has 0 aliphatic carbocycles. The minimum absolute atomic E-state index is 0.290. The summed E-state index contributed by atoms with van der Waals surface area (Å²) in [5, 5.41) is 2.95. The number of nitrogens with one attached hydrogen (secondary N) is 1. The Labute approximate surface area is 140 Å². The summed E-state index contributed by atoms with van der Waals surface area (Å²) in [7, 11) is 6.06. The third-order valence-corrected chi connectivity index (χ3v) is 3.90. The van der Waals surface area contributed by atoms with E-state index in [-0.39, 0.29) is 18.2 Å². The fourth-order valence-electron chi connectivity index (χ4n) is 2.13. The molecule has 23 heavy (non-hydrogen) atoms. The summed E-state index contributed by atoms with van der Waals surface area (Å²) < 4.78 is 11.3. The van der Waals surface area contributed by atoms with Gasteiger partial charge in [0, 0.05) is 19.1 Å². The Morgan fingerprint density at radius 1 is 1.17 bits per heavy atom. The number of carbonyl (C=O) groups excluding carboxylic acids is 1. The number of hydrogen-bond donors (Lipinski definition) is 1. The summed E-state index contributed by atoms with van der Waals surface area (Å²) in [6, 6.07) is 9.68. The molecule has 0 aliphatic rings. The van der Waals surface area contributed by atoms with Crippen molar-refractivity contribution >= 4 is 6.09 Å². The van der Waals surface area contributed by atoms with E-state index in [1.807, 2.05) is 44.2 Å². The van der Waals surface area contributed by atoms with Crippen LogP contribution in [0.3, 0.4) is 0 Å². The molecule has 0 atom stereocenters. The van der Waals surface area contributed by atoms with E-state index in [4.69, 9.17) is 9.47 Å². The lowest BCUT2D eigenvalue weighted by Crippen LogP contribution is -2.50. The van der Waals surface area contributed by atoms with Crippen LogP contribution in [0, 0.1) is 0 Å². The zero-order chi connectivity index (χ0) is 17.3. The number of alkyl carbamates (subject to hydrolysis) is 1. The maximum atomic E-state index is 12.0. The van der Waals surface area contributed by atoms with Gasteiger partial charge >= 0.3 is 6.09 Å². The largest absolute Gasteiger partial charge is 0.445 e. The molecule has 0 aromatic heterocycles. The zero-order valence-electron chi connectivity index (χ0n) is 15.1. The topological polar surface area (TPSA) is 47.6 Å². The van der Waals surface area contributed by atoms with Gasteiger partial charge in [-0.05, 0) is 19.4 Å². The molecule has 5 heteroatoms. The van der Waals surface area contributed by atoms with Gasteiger partial charge in [0.25, 0.3) is 0 Å². The van der Waals surface area contributed by atoms with E-state index in [0.717, 1.165) is 36.2 Å². The summed E-state index contributed by atoms with van der Waals surface area (Å²) in [6.07, 6.45) is 0.491. The molecule has 1 N–H and O–H groups in total. The Hall–Kier alpha value is -1.59. The summed E-state index contributed by atoms with van der Waals surface area (Å²) in [6.45, 7) is 6.97. The number of quaternary nitrogens is 1. The Balaban J connectivity index is 2.37. The van der Waals surface area contributed by atoms with Gasteiger partial charge in [-0.25, -0.2) is 4.79 Å². The van der Waals surface area contributed by atoms with Crippen molar-refractivity contribution in [1.29, 1.82) is 0 Å². The van der Waals surface area contributed by atoms with Crippen LogP contribution in [-0.4, -0.2) is 57.0 Å². The van der Waals surface area contributed by atoms with E-state index in [0.29, 0.717) is 0 Å². The van der Waals surface area contributed by atoms with Crippen molar-refractivity contribution in [2.75, 3.05) is 40.9 Å². The second-order valence-corrected chi connectivity index (χ2v) is 7.20. The average molecular weight is 323 g/mol. The lowest BCUT2D eigenvalue weighted by atomic mass is 10.0. The third-order valence-electron chi connectivity index (χ3n) is 3.90. The minimum atomic E-state index is -0.374. The van der Waals surface area contributed by atoms with Crippen molar-refractivity contribution < 1.29 is 18.8 Å². The van der Waals surface area contributed by atoms with Crippen molar-refractivity contribution in [2.45, 2.75) is 32.4 Å². The Morgan fingerprint density at radius 3 is 2.43 bits per heavy atom. The molecule has 5 nitrogen and oxygen atoms in total. The van der Waals surface area contributed by atoms with Crippen LogP contribution in [-0.2, 0) is 16.1 Å². The zero-order valence-corrected chi connectivity index (χ0v) is 15.1. The Kier molecular flexibility index (Phi) is 7.52. The first-order valence-electron chi connectivity index (χ1n) is 8.04. The van der Waals surface area contributed by atoms with Crippen molar-refractivity contribution in [3.63, 3.8) is 0 Å². The van der Waals surface area contributed by atoms with Crippen molar-refractivity contribution in [1.82, 2.24) is 5.32 Å². The van der Waals surface area contributed by atoms with Gasteiger partial charge in [0.1, 0.15) is 13.2 Å². The number of likely N-dealkylation sites (N-methyl/N-ethyl adjacent to an activating group) is 1. The number of methoxy groups -OCH3 is 1. The molecule has 0 aliphatic heterocycles. The van der Waals surface area contributed by atoms with Crippen LogP contribution in [0.15, 0.2) is 30.3 Å². The van der Waals surface area contributed by atoms with Crippen LogP contribution in [0.4, 0.5) is 4.79 Å². The van der Waals surface area contributed by atoms with E-state index in [2.05, 4.69) is 19.4 Å². The number of rotatable bonds is 9. The monoisotopic (exact) mass is 323 g/mol. The third kappa shape index (κ3) is 8.57. The predicted molar refractivity (Wildman–Crippen MR) is 92.2 cm³/mol. The molecule has 0 bridgehead atoms. The number of amides is 1. The first-order valence-corrected chi connectivity index (χ1v) is 8.04. The van der Waals surface area contributed by atoms with Gasteiger partial charge in [0.15, 0.2) is 0 Å². The van der Waals surface area contributed by atoms with Gasteiger partial charge in [-0.1, -0.05) is 30.3 Å². The molecule has 1 amide bonds. The SMILES string of the molecule is COCC[N+](C)(C)CCC(C)(C)NC(=O)OCc1ccccc1. The normalized spacial score (nSPS) is 12.0. The number of benzene rings is 1. The van der Waals surface area contributed by atoms with Crippen LogP contribution in [0.1, 0.15) is 25.8 Å². The quantitative estimate of drug-likeness (QED) is 0.711. The Bertz CT molecular complexity index is 472. The molecule has 0 unspecified atom stereocenters. The smallest absolute Gasteiger partial charge is 0.407 e. The fraction of sp³-hybridized carbons (Fsp3) is 0.611. The molecule has 0 fully saturated rings. The highest BCUT2D eigenvalue weighted by molar-refractivity contribution is 5.68. The first kappa shape index (κ1) is 19.5. The van der Waals surface area contributed by atoms with Gasteiger partial charge in [-0.15, -0.1) is 0 Å². The van der Waals surface area contributed by atoms with E-state index in [9.17, 15) is 4.79 Å². The molecule has 1 aromatic rings. The van der Waals surface area contributed by atoms with E-state index < -0.39 is 0 Å². The molecule has 0 saturated heterocycles. The van der Waals surface area contributed by atoms with Crippen LogP contribution >= 0.6 is 0 Å². The predicted octanol–water partition coefficient (Wildman–Crippen LogP) is 2.80. The molecule has 0 spiro atoms. The van der Waals surface area contributed by atoms with E-state index in [1.165, 1.54) is 0 Å². The second kappa shape index (κ2) is 8.89. The van der Waals surface area contributed by atoms with Crippen LogP contribution in [0.5, 0.6) is 0 Å². The summed E-state index contributed by atoms with van der Waals surface area (Å²) in [5.74, 6) is 0. The molecule has 0 heterocycles. The lowest BCUT2D eigenvalue weighted by Gasteiger charge is -2.34. The second-order valence-electron chi connectivity index (χ2n) is 7.20. The molecule has 130 valence electrons. The van der Waals surface area contributed by atoms with Gasteiger partial charge in [-0.2, -0.15) is 0 Å². The maximum absolute atomic E-state index is 12.0. The van der Waals surface area contributed by atoms with Crippen molar-refractivity contribution in [3.05, 3.63) is 35.9 Å². The standard InChI is InChI=1S/C18H30N2O3/c1-18(2,11-12-20(3,4)13-14-22-5)19-17(21)23-15-16-9-7-6-8-10-16/h6-10H,11-15H2,1-5H3/p+1. The highest BCUT2D eigenvalue weighted by atomic mass is 16.5. The molecular formula is C18H31N2O3+. The average Bonchev–Trinajstić information content (AvgIpc) is 2.50. The highest BCUT2D eigenvalue weighted by Crippen LogP contribution is 2.12. The van der Waals surface area contributed by atoms with Gasteiger partial charge in [-0.3, -0.25) is 0 Å². The summed E-state index contributed by atoms with van der Waals surface area (Å²) >= 11 is 0. The van der Waals surface area contributed by atoms with Gasteiger partial charge < -0.3 is 19.3 Å². The minimum Gasteiger partial charge on any atom is -0.445 e. The Morgan fingerprint density at radius 2 is 1.83 bits per heavy atom. The lowest BCUT2D eigenvalue weighted by molar-refractivity contribution is -0.891. The van der Waals surface area contributed by atoms with E-state index >= 15 is 0 Å². The molecule has 1 aromatic carbocycles. The molecule has 1 rings (SSSR count). The number of hydrogen-bond acceptors (Lipinski definition) is 3. The van der Waals surface area contributed by atoms with Gasteiger partial charge in [0.2, 0.25) is 0 Å². The van der Waals surface area contributed by atoms with Crippen molar-refractivity contribution in [2.24, 2.45) is 0 Å². The molecular weight excluding hydrogens is 292 g/mol. The van der Waals surface area contributed by atoms with Crippen LogP contribution in [0.2, 0.25) is 0 Å². The van der Waals surface area contributed by atoms with Crippen LogP contribution < -0.4 is 5.32 Å². The molecule has 0 saturated carbocycles. The maximum Gasteiger partial charge on any atom is 0.407 e. The summed E-state index contributed by atoms with van der Waals surface area (Å²) in [4.78, 5) is 12.0. The number of nitrogens with zero attached hydrogens (tertiary/aromatic N) is 1. The molecule has 0 radical (unpaired) electrons. The summed E-state index contributed by atoms with van der Waals surface area (Å²) in [5.41, 5.74) is 0.675. The number of ether oxygens (including phenoxy) is 2. The van der Waals surface area contributed by atoms with Crippen molar-refractivity contribution in [3.8, 4) is 0 Å². The number of carbonyl (C=O) groups is 1. The fourth-order valence-corrected chi connectivity index (χ4v) is 2.13. The highest BCUT2D eigenvalue weighted by Gasteiger charge is 2.25. The van der Waals surface area contributed by atoms with Crippen LogP contribution in [0.25, 0.3) is 0 Å². The van der Waals surface area contributed by atoms with E-state index in [1.54, 1.807) is 7.11 Å². The first-order chi connectivity index (χ1) is 10.7.